The summed E-state index contributed by atoms with van der Waals surface area (Å²) in [4.78, 5) is 24.2. The highest BCUT2D eigenvalue weighted by Gasteiger charge is 2.07. The van der Waals surface area contributed by atoms with Crippen LogP contribution in [0.2, 0.25) is 10.0 Å². The highest BCUT2D eigenvalue weighted by atomic mass is 35.5. The van der Waals surface area contributed by atoms with Crippen LogP contribution in [-0.2, 0) is 9.59 Å². The molecule has 4 nitrogen and oxygen atoms in total. The largest absolute Gasteiger partial charge is 0.423 e. The number of ether oxygens (including phenoxy) is 2. The summed E-state index contributed by atoms with van der Waals surface area (Å²) in [6, 6.07) is 18.9. The van der Waals surface area contributed by atoms with E-state index in [1.54, 1.807) is 72.8 Å². The smallest absolute Gasteiger partial charge is 0.336 e. The van der Waals surface area contributed by atoms with E-state index in [1.807, 2.05) is 6.92 Å². The van der Waals surface area contributed by atoms with Gasteiger partial charge in [-0.05, 0) is 72.2 Å². The molecule has 6 heteroatoms. The third kappa shape index (κ3) is 7.45. The molecule has 0 fully saturated rings. The highest BCUT2D eigenvalue weighted by molar-refractivity contribution is 6.30. The summed E-state index contributed by atoms with van der Waals surface area (Å²) in [6.45, 7) is 1.81. The fourth-order valence-corrected chi connectivity index (χ4v) is 2.86. The number of esters is 2. The SMILES string of the molecule is Cc1cc(OC(=O)/C=C/c2ccc(Cl)cc2)cc(OC(=O)/C=C/c2ccc(Cl)cc2)c1. The predicted octanol–water partition coefficient (Wildman–Crippen LogP) is 6.54. The maximum Gasteiger partial charge on any atom is 0.336 e. The zero-order valence-electron chi connectivity index (χ0n) is 16.5. The van der Waals surface area contributed by atoms with Crippen molar-refractivity contribution in [3.05, 3.63) is 106 Å². The van der Waals surface area contributed by atoms with Gasteiger partial charge in [-0.1, -0.05) is 47.5 Å². The zero-order chi connectivity index (χ0) is 22.2. The zero-order valence-corrected chi connectivity index (χ0v) is 18.1. The Kier molecular flexibility index (Phi) is 7.65. The topological polar surface area (TPSA) is 52.6 Å². The van der Waals surface area contributed by atoms with Crippen molar-refractivity contribution >= 4 is 47.3 Å². The molecule has 0 spiro atoms. The normalized spacial score (nSPS) is 11.1. The molecule has 0 bridgehead atoms. The van der Waals surface area contributed by atoms with Crippen molar-refractivity contribution in [2.75, 3.05) is 0 Å². The summed E-state index contributed by atoms with van der Waals surface area (Å²) in [5.74, 6) is -0.564. The standard InChI is InChI=1S/C25H18Cl2O4/c1-17-14-22(30-24(28)12-6-18-2-8-20(26)9-3-18)16-23(15-17)31-25(29)13-7-19-4-10-21(27)11-5-19/h2-16H,1H3/b12-6+,13-7+. The van der Waals surface area contributed by atoms with Crippen molar-refractivity contribution in [3.8, 4) is 11.5 Å². The third-order valence-electron chi connectivity index (χ3n) is 4.03. The molecule has 3 aromatic rings. The van der Waals surface area contributed by atoms with Crippen molar-refractivity contribution in [1.82, 2.24) is 0 Å². The molecular formula is C25H18Cl2O4. The molecule has 0 atom stereocenters. The molecule has 3 rings (SSSR count). The Hall–Kier alpha value is -3.34. The van der Waals surface area contributed by atoms with Gasteiger partial charge >= 0.3 is 11.9 Å². The minimum atomic E-state index is -0.555. The lowest BCUT2D eigenvalue weighted by Crippen LogP contribution is -2.06. The lowest BCUT2D eigenvalue weighted by Gasteiger charge is -2.07. The summed E-state index contributed by atoms with van der Waals surface area (Å²) in [5, 5.41) is 1.23. The first-order chi connectivity index (χ1) is 14.9. The van der Waals surface area contributed by atoms with Crippen molar-refractivity contribution < 1.29 is 19.1 Å². The van der Waals surface area contributed by atoms with Crippen LogP contribution >= 0.6 is 23.2 Å². The van der Waals surface area contributed by atoms with Crippen LogP contribution in [0.1, 0.15) is 16.7 Å². The van der Waals surface area contributed by atoms with E-state index in [4.69, 9.17) is 32.7 Å². The van der Waals surface area contributed by atoms with Gasteiger partial charge < -0.3 is 9.47 Å². The van der Waals surface area contributed by atoms with Gasteiger partial charge in [0.05, 0.1) is 0 Å². The number of carbonyl (C=O) groups is 2. The van der Waals surface area contributed by atoms with Gasteiger partial charge in [0, 0.05) is 28.3 Å². The molecule has 0 amide bonds. The van der Waals surface area contributed by atoms with Gasteiger partial charge in [0.2, 0.25) is 0 Å². The molecule has 0 aliphatic heterocycles. The molecule has 0 saturated heterocycles. The highest BCUT2D eigenvalue weighted by Crippen LogP contribution is 2.23. The second-order valence-electron chi connectivity index (χ2n) is 6.59. The van der Waals surface area contributed by atoms with E-state index in [1.165, 1.54) is 18.2 Å². The fraction of sp³-hybridized carbons (Fsp3) is 0.0400. The van der Waals surface area contributed by atoms with Crippen molar-refractivity contribution in [3.63, 3.8) is 0 Å². The van der Waals surface area contributed by atoms with E-state index < -0.39 is 11.9 Å². The maximum absolute atomic E-state index is 12.1. The Balaban J connectivity index is 1.62. The molecule has 0 aromatic heterocycles. The van der Waals surface area contributed by atoms with Crippen LogP contribution in [0.3, 0.4) is 0 Å². The van der Waals surface area contributed by atoms with Crippen molar-refractivity contribution in [2.45, 2.75) is 6.92 Å². The third-order valence-corrected chi connectivity index (χ3v) is 4.53. The first kappa shape index (κ1) is 22.3. The lowest BCUT2D eigenvalue weighted by molar-refractivity contribution is -0.129. The molecule has 31 heavy (non-hydrogen) atoms. The second-order valence-corrected chi connectivity index (χ2v) is 7.47. The molecule has 0 N–H and O–H groups in total. The maximum atomic E-state index is 12.1. The van der Waals surface area contributed by atoms with E-state index in [2.05, 4.69) is 0 Å². The second kappa shape index (κ2) is 10.6. The Bertz CT molecular complexity index is 1040. The molecule has 0 heterocycles. The number of halogens is 2. The molecule has 156 valence electrons. The first-order valence-electron chi connectivity index (χ1n) is 9.30. The number of carbonyl (C=O) groups excluding carboxylic acids is 2. The fourth-order valence-electron chi connectivity index (χ4n) is 2.61. The quantitative estimate of drug-likeness (QED) is 0.242. The molecule has 0 radical (unpaired) electrons. The lowest BCUT2D eigenvalue weighted by atomic mass is 10.2. The summed E-state index contributed by atoms with van der Waals surface area (Å²) < 4.78 is 10.7. The average molecular weight is 453 g/mol. The summed E-state index contributed by atoms with van der Waals surface area (Å²) >= 11 is 11.7. The Morgan fingerprint density at radius 3 is 1.45 bits per heavy atom. The van der Waals surface area contributed by atoms with Crippen LogP contribution in [-0.4, -0.2) is 11.9 Å². The van der Waals surface area contributed by atoms with Crippen LogP contribution < -0.4 is 9.47 Å². The summed E-state index contributed by atoms with van der Waals surface area (Å²) in [5.41, 5.74) is 2.40. The molecular weight excluding hydrogens is 435 g/mol. The van der Waals surface area contributed by atoms with Crippen LogP contribution in [0.5, 0.6) is 11.5 Å². The van der Waals surface area contributed by atoms with Gasteiger partial charge in [0.1, 0.15) is 11.5 Å². The number of benzene rings is 3. The first-order valence-corrected chi connectivity index (χ1v) is 10.1. The Labute approximate surface area is 190 Å². The number of hydrogen-bond donors (Lipinski definition) is 0. The molecule has 0 saturated carbocycles. The Morgan fingerprint density at radius 2 is 1.06 bits per heavy atom. The monoisotopic (exact) mass is 452 g/mol. The van der Waals surface area contributed by atoms with Gasteiger partial charge in [0.25, 0.3) is 0 Å². The minimum Gasteiger partial charge on any atom is -0.423 e. The van der Waals surface area contributed by atoms with Crippen molar-refractivity contribution in [1.29, 1.82) is 0 Å². The molecule has 0 aliphatic rings. The summed E-state index contributed by atoms with van der Waals surface area (Å²) in [7, 11) is 0. The van der Waals surface area contributed by atoms with E-state index >= 15 is 0 Å². The predicted molar refractivity (Wildman–Crippen MR) is 123 cm³/mol. The van der Waals surface area contributed by atoms with Crippen LogP contribution in [0.15, 0.2) is 78.9 Å². The van der Waals surface area contributed by atoms with Gasteiger partial charge in [-0.25, -0.2) is 9.59 Å². The van der Waals surface area contributed by atoms with E-state index in [0.717, 1.165) is 16.7 Å². The van der Waals surface area contributed by atoms with Gasteiger partial charge in [-0.3, -0.25) is 0 Å². The Morgan fingerprint density at radius 1 is 0.677 bits per heavy atom. The average Bonchev–Trinajstić information content (AvgIpc) is 2.72. The van der Waals surface area contributed by atoms with Crippen LogP contribution in [0.25, 0.3) is 12.2 Å². The van der Waals surface area contributed by atoms with Gasteiger partial charge in [-0.2, -0.15) is 0 Å². The van der Waals surface area contributed by atoms with Crippen LogP contribution in [0.4, 0.5) is 0 Å². The molecule has 0 aliphatic carbocycles. The molecule has 0 unspecified atom stereocenters. The van der Waals surface area contributed by atoms with Crippen LogP contribution in [0, 0.1) is 6.92 Å². The number of rotatable bonds is 6. The molecule has 3 aromatic carbocycles. The van der Waals surface area contributed by atoms with E-state index in [-0.39, 0.29) is 11.5 Å². The summed E-state index contributed by atoms with van der Waals surface area (Å²) in [6.07, 6.45) is 5.87. The van der Waals surface area contributed by atoms with E-state index in [9.17, 15) is 9.59 Å². The van der Waals surface area contributed by atoms with E-state index in [0.29, 0.717) is 10.0 Å². The van der Waals surface area contributed by atoms with Crippen molar-refractivity contribution in [2.24, 2.45) is 0 Å². The van der Waals surface area contributed by atoms with Gasteiger partial charge in [-0.15, -0.1) is 0 Å². The number of aryl methyl sites for hydroxylation is 1. The minimum absolute atomic E-state index is 0.273. The van der Waals surface area contributed by atoms with Gasteiger partial charge in [0.15, 0.2) is 0 Å². The number of hydrogen-bond acceptors (Lipinski definition) is 4.